The van der Waals surface area contributed by atoms with Crippen molar-refractivity contribution in [3.8, 4) is 0 Å². The highest BCUT2D eigenvalue weighted by atomic mass is 19.1. The molecule has 0 atom stereocenters. The highest BCUT2D eigenvalue weighted by Crippen LogP contribution is 2.24. The number of carbonyl (C=O) groups excluding carboxylic acids is 1. The minimum absolute atomic E-state index is 0.0364. The molecule has 0 unspecified atom stereocenters. The SMILES string of the molecule is Nc1nc2[nH]cc(C(=O)c3c(F)ccc(N)c3F)c2c(=O)[nH]1. The summed E-state index contributed by atoms with van der Waals surface area (Å²) in [5, 5.41) is -0.138. The summed E-state index contributed by atoms with van der Waals surface area (Å²) in [7, 11) is 0. The molecule has 0 aliphatic carbocycles. The molecule has 0 bridgehead atoms. The van der Waals surface area contributed by atoms with E-state index in [4.69, 9.17) is 11.5 Å². The van der Waals surface area contributed by atoms with E-state index in [1.54, 1.807) is 0 Å². The lowest BCUT2D eigenvalue weighted by molar-refractivity contribution is 0.103. The quantitative estimate of drug-likeness (QED) is 0.413. The van der Waals surface area contributed by atoms with Crippen LogP contribution in [0.5, 0.6) is 0 Å². The summed E-state index contributed by atoms with van der Waals surface area (Å²) in [5.74, 6) is -3.43. The molecule has 0 amide bonds. The van der Waals surface area contributed by atoms with Crippen LogP contribution in [-0.4, -0.2) is 20.7 Å². The van der Waals surface area contributed by atoms with Crippen LogP contribution in [0.4, 0.5) is 20.4 Å². The fourth-order valence-electron chi connectivity index (χ4n) is 2.15. The molecule has 0 fully saturated rings. The van der Waals surface area contributed by atoms with Gasteiger partial charge in [0.15, 0.2) is 5.82 Å². The number of halogens is 2. The van der Waals surface area contributed by atoms with E-state index in [0.717, 1.165) is 18.3 Å². The third-order valence-corrected chi connectivity index (χ3v) is 3.15. The maximum atomic E-state index is 14.0. The second-order valence-corrected chi connectivity index (χ2v) is 4.53. The van der Waals surface area contributed by atoms with Crippen LogP contribution in [0.2, 0.25) is 0 Å². The summed E-state index contributed by atoms with van der Waals surface area (Å²) in [6.45, 7) is 0. The van der Waals surface area contributed by atoms with E-state index in [1.165, 1.54) is 0 Å². The molecular weight excluding hydrogens is 296 g/mol. The highest BCUT2D eigenvalue weighted by Gasteiger charge is 2.25. The Morgan fingerprint density at radius 1 is 1.23 bits per heavy atom. The molecule has 2 aromatic heterocycles. The van der Waals surface area contributed by atoms with Gasteiger partial charge in [0.25, 0.3) is 5.56 Å². The van der Waals surface area contributed by atoms with Gasteiger partial charge in [0.2, 0.25) is 11.7 Å². The first-order chi connectivity index (χ1) is 10.4. The number of ketones is 1. The van der Waals surface area contributed by atoms with Gasteiger partial charge in [-0.15, -0.1) is 0 Å². The van der Waals surface area contributed by atoms with Crippen molar-refractivity contribution in [2.75, 3.05) is 11.5 Å². The van der Waals surface area contributed by atoms with Gasteiger partial charge >= 0.3 is 0 Å². The van der Waals surface area contributed by atoms with E-state index < -0.39 is 28.5 Å². The smallest absolute Gasteiger partial charge is 0.262 e. The Bertz CT molecular complexity index is 976. The van der Waals surface area contributed by atoms with Gasteiger partial charge in [-0.05, 0) is 12.1 Å². The van der Waals surface area contributed by atoms with Crippen molar-refractivity contribution >= 4 is 28.5 Å². The fraction of sp³-hybridized carbons (Fsp3) is 0. The molecule has 0 radical (unpaired) electrons. The van der Waals surface area contributed by atoms with Gasteiger partial charge in [-0.1, -0.05) is 0 Å². The average molecular weight is 305 g/mol. The Morgan fingerprint density at radius 3 is 2.68 bits per heavy atom. The van der Waals surface area contributed by atoms with E-state index in [1.807, 2.05) is 0 Å². The number of rotatable bonds is 2. The molecular formula is C13H9F2N5O2. The Labute approximate surface area is 121 Å². The molecule has 3 rings (SSSR count). The molecule has 0 saturated heterocycles. The van der Waals surface area contributed by atoms with Gasteiger partial charge in [-0.2, -0.15) is 4.98 Å². The average Bonchev–Trinajstić information content (AvgIpc) is 2.87. The first kappa shape index (κ1) is 13.7. The van der Waals surface area contributed by atoms with Gasteiger partial charge in [-0.3, -0.25) is 14.6 Å². The number of hydrogen-bond donors (Lipinski definition) is 4. The topological polar surface area (TPSA) is 131 Å². The Balaban J connectivity index is 2.27. The second-order valence-electron chi connectivity index (χ2n) is 4.53. The number of nitrogens with one attached hydrogen (secondary N) is 2. The number of H-pyrrole nitrogens is 2. The summed E-state index contributed by atoms with van der Waals surface area (Å²) in [4.78, 5) is 32.9. The van der Waals surface area contributed by atoms with Crippen LogP contribution in [0.1, 0.15) is 15.9 Å². The Morgan fingerprint density at radius 2 is 1.95 bits per heavy atom. The summed E-state index contributed by atoms with van der Waals surface area (Å²) >= 11 is 0. The molecule has 6 N–H and O–H groups in total. The third kappa shape index (κ3) is 1.91. The fourth-order valence-corrected chi connectivity index (χ4v) is 2.15. The van der Waals surface area contributed by atoms with Crippen LogP contribution in [0.15, 0.2) is 23.1 Å². The molecule has 0 saturated carbocycles. The zero-order valence-corrected chi connectivity index (χ0v) is 10.9. The van der Waals surface area contributed by atoms with Crippen molar-refractivity contribution in [1.82, 2.24) is 15.0 Å². The monoisotopic (exact) mass is 305 g/mol. The van der Waals surface area contributed by atoms with Gasteiger partial charge in [-0.25, -0.2) is 8.78 Å². The lowest BCUT2D eigenvalue weighted by Gasteiger charge is -2.05. The predicted octanol–water partition coefficient (Wildman–Crippen LogP) is 0.925. The molecule has 2 heterocycles. The Hall–Kier alpha value is -3.23. The van der Waals surface area contributed by atoms with Crippen LogP contribution < -0.4 is 17.0 Å². The second kappa shape index (κ2) is 4.65. The molecule has 0 spiro atoms. The van der Waals surface area contributed by atoms with Crippen LogP contribution in [0.25, 0.3) is 11.0 Å². The van der Waals surface area contributed by atoms with Crippen LogP contribution in [0.3, 0.4) is 0 Å². The van der Waals surface area contributed by atoms with Crippen molar-refractivity contribution in [1.29, 1.82) is 0 Å². The van der Waals surface area contributed by atoms with Gasteiger partial charge in [0.05, 0.1) is 22.2 Å². The summed E-state index contributed by atoms with van der Waals surface area (Å²) < 4.78 is 27.7. The number of anilines is 2. The van der Waals surface area contributed by atoms with Crippen molar-refractivity contribution in [3.05, 3.63) is 51.4 Å². The van der Waals surface area contributed by atoms with E-state index in [9.17, 15) is 18.4 Å². The number of nitrogens with two attached hydrogens (primary N) is 2. The summed E-state index contributed by atoms with van der Waals surface area (Å²) in [6, 6.07) is 1.88. The zero-order chi connectivity index (χ0) is 16.0. The number of hydrogen-bond acceptors (Lipinski definition) is 5. The predicted molar refractivity (Wildman–Crippen MR) is 75.3 cm³/mol. The maximum absolute atomic E-state index is 14.0. The third-order valence-electron chi connectivity index (χ3n) is 3.15. The number of nitrogens with zero attached hydrogens (tertiary/aromatic N) is 1. The van der Waals surface area contributed by atoms with E-state index in [-0.39, 0.29) is 28.2 Å². The number of aromatic amines is 2. The normalized spacial score (nSPS) is 11.0. The first-order valence-corrected chi connectivity index (χ1v) is 6.05. The molecule has 3 aromatic rings. The van der Waals surface area contributed by atoms with Gasteiger partial charge < -0.3 is 16.5 Å². The standard InChI is InChI=1S/C13H9F2N5O2/c14-5-1-2-6(16)9(15)8(5)10(21)4-3-18-11-7(4)12(22)20-13(17)19-11/h1-3H,16H2,(H4,17,18,19,20,22). The number of aromatic nitrogens is 3. The summed E-state index contributed by atoms with van der Waals surface area (Å²) in [6.07, 6.45) is 1.14. The molecule has 22 heavy (non-hydrogen) atoms. The van der Waals surface area contributed by atoms with Crippen LogP contribution in [0, 0.1) is 11.6 Å². The van der Waals surface area contributed by atoms with Crippen molar-refractivity contribution in [2.24, 2.45) is 0 Å². The lowest BCUT2D eigenvalue weighted by atomic mass is 10.0. The molecule has 9 heteroatoms. The van der Waals surface area contributed by atoms with E-state index >= 15 is 0 Å². The molecule has 1 aromatic carbocycles. The van der Waals surface area contributed by atoms with Crippen molar-refractivity contribution in [3.63, 3.8) is 0 Å². The highest BCUT2D eigenvalue weighted by molar-refractivity contribution is 6.16. The van der Waals surface area contributed by atoms with Crippen LogP contribution >= 0.6 is 0 Å². The number of nitrogen functional groups attached to an aromatic ring is 2. The van der Waals surface area contributed by atoms with E-state index in [0.29, 0.717) is 0 Å². The first-order valence-electron chi connectivity index (χ1n) is 6.05. The molecule has 0 aliphatic rings. The van der Waals surface area contributed by atoms with Gasteiger partial charge in [0, 0.05) is 6.20 Å². The Kier molecular flexibility index (Phi) is 2.91. The lowest BCUT2D eigenvalue weighted by Crippen LogP contribution is -2.15. The van der Waals surface area contributed by atoms with Crippen molar-refractivity contribution in [2.45, 2.75) is 0 Å². The molecule has 0 aliphatic heterocycles. The maximum Gasteiger partial charge on any atom is 0.262 e. The molecule has 112 valence electrons. The largest absolute Gasteiger partial charge is 0.396 e. The number of benzene rings is 1. The molecule has 7 nitrogen and oxygen atoms in total. The minimum atomic E-state index is -1.18. The van der Waals surface area contributed by atoms with Crippen LogP contribution in [-0.2, 0) is 0 Å². The number of fused-ring (bicyclic) bond motifs is 1. The van der Waals surface area contributed by atoms with E-state index in [2.05, 4.69) is 15.0 Å². The minimum Gasteiger partial charge on any atom is -0.396 e. The summed E-state index contributed by atoms with van der Waals surface area (Å²) in [5.41, 5.74) is 8.63. The van der Waals surface area contributed by atoms with Crippen molar-refractivity contribution < 1.29 is 13.6 Å². The van der Waals surface area contributed by atoms with Gasteiger partial charge in [0.1, 0.15) is 11.5 Å². The zero-order valence-electron chi connectivity index (χ0n) is 10.9. The number of carbonyl (C=O) groups is 1.